The van der Waals surface area contributed by atoms with E-state index >= 15 is 0 Å². The molecule has 1 aliphatic heterocycles. The van der Waals surface area contributed by atoms with Crippen molar-refractivity contribution in [3.05, 3.63) is 17.5 Å². The van der Waals surface area contributed by atoms with Crippen LogP contribution in [0.1, 0.15) is 42.7 Å². The van der Waals surface area contributed by atoms with Crippen molar-refractivity contribution in [1.82, 2.24) is 20.0 Å². The summed E-state index contributed by atoms with van der Waals surface area (Å²) in [6, 6.07) is 0.388. The van der Waals surface area contributed by atoms with Crippen molar-refractivity contribution in [2.24, 2.45) is 13.0 Å². The quantitative estimate of drug-likeness (QED) is 0.909. The molecular formula is C15H26N4O. The fourth-order valence-corrected chi connectivity index (χ4v) is 2.81. The maximum Gasteiger partial charge on any atom is 0.254 e. The van der Waals surface area contributed by atoms with E-state index in [-0.39, 0.29) is 5.91 Å². The summed E-state index contributed by atoms with van der Waals surface area (Å²) in [5, 5.41) is 7.14. The zero-order chi connectivity index (χ0) is 14.7. The first-order valence-corrected chi connectivity index (χ1v) is 7.50. The minimum Gasteiger partial charge on any atom is -0.350 e. The topological polar surface area (TPSA) is 50.2 Å². The minimum absolute atomic E-state index is 0.0208. The largest absolute Gasteiger partial charge is 0.350 e. The van der Waals surface area contributed by atoms with Crippen LogP contribution >= 0.6 is 0 Å². The van der Waals surface area contributed by atoms with Crippen molar-refractivity contribution < 1.29 is 4.79 Å². The van der Waals surface area contributed by atoms with Gasteiger partial charge in [-0.2, -0.15) is 5.10 Å². The molecule has 0 radical (unpaired) electrons. The van der Waals surface area contributed by atoms with Gasteiger partial charge in [-0.1, -0.05) is 6.92 Å². The Hall–Kier alpha value is -1.36. The Labute approximate surface area is 121 Å². The summed E-state index contributed by atoms with van der Waals surface area (Å²) in [5.41, 5.74) is 1.58. The van der Waals surface area contributed by atoms with Gasteiger partial charge in [0.15, 0.2) is 0 Å². The summed E-state index contributed by atoms with van der Waals surface area (Å²) < 4.78 is 1.73. The SMILES string of the molecule is Cc1c(C(=O)NC[C@@H](C)N2CCC[C@H](C)C2)cnn1C. The summed E-state index contributed by atoms with van der Waals surface area (Å²) in [7, 11) is 1.85. The number of nitrogens with zero attached hydrogens (tertiary/aromatic N) is 3. The molecule has 0 unspecified atom stereocenters. The number of piperidine rings is 1. The highest BCUT2D eigenvalue weighted by atomic mass is 16.1. The first kappa shape index (κ1) is 15.0. The van der Waals surface area contributed by atoms with E-state index in [9.17, 15) is 4.79 Å². The van der Waals surface area contributed by atoms with Gasteiger partial charge in [-0.25, -0.2) is 0 Å². The second kappa shape index (κ2) is 6.39. The highest BCUT2D eigenvalue weighted by Gasteiger charge is 2.21. The highest BCUT2D eigenvalue weighted by Crippen LogP contribution is 2.17. The molecule has 1 amide bonds. The molecule has 1 saturated heterocycles. The van der Waals surface area contributed by atoms with Gasteiger partial charge in [0, 0.05) is 31.9 Å². The molecule has 0 aliphatic carbocycles. The summed E-state index contributed by atoms with van der Waals surface area (Å²) in [6.07, 6.45) is 4.23. The van der Waals surface area contributed by atoms with Gasteiger partial charge in [0.05, 0.1) is 11.8 Å². The first-order valence-electron chi connectivity index (χ1n) is 7.50. The molecule has 0 bridgehead atoms. The molecule has 1 aromatic heterocycles. The number of aryl methyl sites for hydroxylation is 1. The van der Waals surface area contributed by atoms with Gasteiger partial charge in [-0.05, 0) is 39.2 Å². The standard InChI is InChI=1S/C15H26N4O/c1-11-6-5-7-19(10-11)12(2)8-16-15(20)14-9-17-18(4)13(14)3/h9,11-12H,5-8,10H2,1-4H3,(H,16,20)/t11-,12+/m0/s1. The van der Waals surface area contributed by atoms with Gasteiger partial charge in [-0.15, -0.1) is 0 Å². The van der Waals surface area contributed by atoms with Gasteiger partial charge in [0.1, 0.15) is 0 Å². The van der Waals surface area contributed by atoms with Crippen LogP contribution in [0, 0.1) is 12.8 Å². The van der Waals surface area contributed by atoms with Crippen molar-refractivity contribution in [1.29, 1.82) is 0 Å². The number of aromatic nitrogens is 2. The van der Waals surface area contributed by atoms with Crippen molar-refractivity contribution in [2.75, 3.05) is 19.6 Å². The molecule has 0 aromatic carbocycles. The Bertz CT molecular complexity index is 468. The second-order valence-corrected chi connectivity index (χ2v) is 6.07. The van der Waals surface area contributed by atoms with E-state index in [0.29, 0.717) is 18.2 Å². The maximum absolute atomic E-state index is 12.1. The third-order valence-corrected chi connectivity index (χ3v) is 4.35. The Morgan fingerprint density at radius 2 is 2.35 bits per heavy atom. The lowest BCUT2D eigenvalue weighted by Gasteiger charge is -2.35. The zero-order valence-electron chi connectivity index (χ0n) is 13.0. The number of rotatable bonds is 4. The normalized spacial score (nSPS) is 21.7. The van der Waals surface area contributed by atoms with Gasteiger partial charge in [0.2, 0.25) is 0 Å². The van der Waals surface area contributed by atoms with Crippen LogP contribution in [0.15, 0.2) is 6.20 Å². The van der Waals surface area contributed by atoms with Crippen LogP contribution in [-0.4, -0.2) is 46.3 Å². The van der Waals surface area contributed by atoms with Crippen LogP contribution < -0.4 is 5.32 Å². The van der Waals surface area contributed by atoms with Crippen molar-refractivity contribution >= 4 is 5.91 Å². The van der Waals surface area contributed by atoms with E-state index in [0.717, 1.165) is 24.7 Å². The number of likely N-dealkylation sites (tertiary alicyclic amines) is 1. The van der Waals surface area contributed by atoms with Crippen LogP contribution in [0.4, 0.5) is 0 Å². The fourth-order valence-electron chi connectivity index (χ4n) is 2.81. The number of carbonyl (C=O) groups is 1. The van der Waals surface area contributed by atoms with Crippen LogP contribution in [0.25, 0.3) is 0 Å². The highest BCUT2D eigenvalue weighted by molar-refractivity contribution is 5.95. The third kappa shape index (κ3) is 3.39. The van der Waals surface area contributed by atoms with Crippen LogP contribution in [-0.2, 0) is 7.05 Å². The van der Waals surface area contributed by atoms with Crippen molar-refractivity contribution in [3.63, 3.8) is 0 Å². The van der Waals surface area contributed by atoms with E-state index < -0.39 is 0 Å². The number of carbonyl (C=O) groups excluding carboxylic acids is 1. The molecule has 5 heteroatoms. The summed E-state index contributed by atoms with van der Waals surface area (Å²) >= 11 is 0. The Kier molecular flexibility index (Phi) is 4.81. The number of nitrogens with one attached hydrogen (secondary N) is 1. The van der Waals surface area contributed by atoms with Crippen molar-refractivity contribution in [3.8, 4) is 0 Å². The summed E-state index contributed by atoms with van der Waals surface area (Å²) in [4.78, 5) is 14.6. The molecular weight excluding hydrogens is 252 g/mol. The molecule has 2 rings (SSSR count). The number of amides is 1. The van der Waals surface area contributed by atoms with E-state index in [4.69, 9.17) is 0 Å². The lowest BCUT2D eigenvalue weighted by Crippen LogP contribution is -2.46. The lowest BCUT2D eigenvalue weighted by atomic mass is 9.99. The molecule has 1 aliphatic rings. The molecule has 1 fully saturated rings. The molecule has 0 spiro atoms. The van der Waals surface area contributed by atoms with Gasteiger partial charge < -0.3 is 5.32 Å². The smallest absolute Gasteiger partial charge is 0.254 e. The summed E-state index contributed by atoms with van der Waals surface area (Å²) in [6.45, 7) is 9.39. The van der Waals surface area contributed by atoms with E-state index in [2.05, 4.69) is 29.2 Å². The van der Waals surface area contributed by atoms with Gasteiger partial charge in [-0.3, -0.25) is 14.4 Å². The van der Waals surface area contributed by atoms with Gasteiger partial charge in [0.25, 0.3) is 5.91 Å². The molecule has 1 N–H and O–H groups in total. The van der Waals surface area contributed by atoms with Crippen molar-refractivity contribution in [2.45, 2.75) is 39.7 Å². The molecule has 5 nitrogen and oxygen atoms in total. The van der Waals surface area contributed by atoms with Crippen LogP contribution in [0.3, 0.4) is 0 Å². The number of hydrogen-bond donors (Lipinski definition) is 1. The lowest BCUT2D eigenvalue weighted by molar-refractivity contribution is 0.0917. The Morgan fingerprint density at radius 1 is 1.60 bits per heavy atom. The first-order chi connectivity index (χ1) is 9.49. The molecule has 112 valence electrons. The van der Waals surface area contributed by atoms with E-state index in [1.807, 2.05) is 14.0 Å². The molecule has 0 saturated carbocycles. The fraction of sp³-hybridized carbons (Fsp3) is 0.733. The van der Waals surface area contributed by atoms with Crippen LogP contribution in [0.5, 0.6) is 0 Å². The van der Waals surface area contributed by atoms with E-state index in [1.54, 1.807) is 10.9 Å². The van der Waals surface area contributed by atoms with Gasteiger partial charge >= 0.3 is 0 Å². The molecule has 20 heavy (non-hydrogen) atoms. The minimum atomic E-state index is -0.0208. The van der Waals surface area contributed by atoms with Crippen LogP contribution in [0.2, 0.25) is 0 Å². The Morgan fingerprint density at radius 3 is 2.95 bits per heavy atom. The molecule has 2 heterocycles. The predicted molar refractivity (Wildman–Crippen MR) is 79.7 cm³/mol. The molecule has 2 atom stereocenters. The Balaban J connectivity index is 1.85. The monoisotopic (exact) mass is 278 g/mol. The molecule has 1 aromatic rings. The zero-order valence-corrected chi connectivity index (χ0v) is 13.0. The summed E-state index contributed by atoms with van der Waals surface area (Å²) in [5.74, 6) is 0.745. The average Bonchev–Trinajstić information content (AvgIpc) is 2.76. The number of hydrogen-bond acceptors (Lipinski definition) is 3. The maximum atomic E-state index is 12.1. The predicted octanol–water partition coefficient (Wildman–Crippen LogP) is 1.58. The third-order valence-electron chi connectivity index (χ3n) is 4.35. The van der Waals surface area contributed by atoms with E-state index in [1.165, 1.54) is 12.8 Å². The second-order valence-electron chi connectivity index (χ2n) is 6.07. The average molecular weight is 278 g/mol.